The van der Waals surface area contributed by atoms with Crippen molar-refractivity contribution in [3.63, 3.8) is 0 Å². The molecule has 2 nitrogen and oxygen atoms in total. The van der Waals surface area contributed by atoms with E-state index >= 15 is 0 Å². The van der Waals surface area contributed by atoms with E-state index < -0.39 is 11.6 Å². The first-order chi connectivity index (χ1) is 8.14. The topological polar surface area (TPSA) is 35.2 Å². The Bertz CT molecular complexity index is 414. The molecule has 0 unspecified atom stereocenters. The van der Waals surface area contributed by atoms with Crippen LogP contribution in [0.1, 0.15) is 31.2 Å². The third kappa shape index (κ3) is 1.90. The van der Waals surface area contributed by atoms with Gasteiger partial charge in [-0.25, -0.2) is 8.78 Å². The standard InChI is InChI=1S/C13H17F2NO/c1-17-12-10(14)5-4-9(11(12)15)13(8-16)6-2-3-7-13/h4-5H,2-3,6-8,16H2,1H3. The Labute approximate surface area is 99.8 Å². The number of methoxy groups -OCH3 is 1. The highest BCUT2D eigenvalue weighted by Crippen LogP contribution is 2.43. The van der Waals surface area contributed by atoms with E-state index in [0.29, 0.717) is 12.1 Å². The Kier molecular flexibility index (Phi) is 3.33. The SMILES string of the molecule is COc1c(F)ccc(C2(CN)CCCC2)c1F. The van der Waals surface area contributed by atoms with Crippen molar-refractivity contribution in [2.45, 2.75) is 31.1 Å². The number of benzene rings is 1. The Morgan fingerprint density at radius 2 is 1.94 bits per heavy atom. The zero-order valence-electron chi connectivity index (χ0n) is 9.93. The van der Waals surface area contributed by atoms with Crippen molar-refractivity contribution in [1.82, 2.24) is 0 Å². The Morgan fingerprint density at radius 3 is 2.47 bits per heavy atom. The number of hydrogen-bond acceptors (Lipinski definition) is 2. The van der Waals surface area contributed by atoms with Crippen LogP contribution in [-0.2, 0) is 5.41 Å². The molecular formula is C13H17F2NO. The largest absolute Gasteiger partial charge is 0.491 e. The average Bonchev–Trinajstić information content (AvgIpc) is 2.79. The lowest BCUT2D eigenvalue weighted by Crippen LogP contribution is -2.33. The van der Waals surface area contributed by atoms with E-state index in [4.69, 9.17) is 10.5 Å². The molecule has 4 heteroatoms. The molecule has 0 saturated heterocycles. The summed E-state index contributed by atoms with van der Waals surface area (Å²) in [5.74, 6) is -1.57. The third-order valence-electron chi connectivity index (χ3n) is 3.78. The van der Waals surface area contributed by atoms with Crippen LogP contribution in [0.4, 0.5) is 8.78 Å². The Hall–Kier alpha value is -1.16. The van der Waals surface area contributed by atoms with E-state index in [0.717, 1.165) is 25.7 Å². The van der Waals surface area contributed by atoms with Gasteiger partial charge in [-0.3, -0.25) is 0 Å². The molecule has 0 heterocycles. The number of rotatable bonds is 3. The summed E-state index contributed by atoms with van der Waals surface area (Å²) in [6, 6.07) is 2.76. The zero-order valence-corrected chi connectivity index (χ0v) is 9.93. The fraction of sp³-hybridized carbons (Fsp3) is 0.538. The summed E-state index contributed by atoms with van der Waals surface area (Å²) >= 11 is 0. The van der Waals surface area contributed by atoms with Gasteiger partial charge in [-0.1, -0.05) is 18.9 Å². The molecule has 1 fully saturated rings. The van der Waals surface area contributed by atoms with Crippen molar-refractivity contribution in [3.8, 4) is 5.75 Å². The third-order valence-corrected chi connectivity index (χ3v) is 3.78. The molecule has 0 aliphatic heterocycles. The van der Waals surface area contributed by atoms with Gasteiger partial charge in [0.05, 0.1) is 7.11 Å². The van der Waals surface area contributed by atoms with Gasteiger partial charge in [0.25, 0.3) is 0 Å². The van der Waals surface area contributed by atoms with Gasteiger partial charge in [-0.05, 0) is 24.5 Å². The first-order valence-electron chi connectivity index (χ1n) is 5.87. The summed E-state index contributed by atoms with van der Waals surface area (Å²) in [4.78, 5) is 0. The van der Waals surface area contributed by atoms with E-state index in [2.05, 4.69) is 0 Å². The van der Waals surface area contributed by atoms with Gasteiger partial charge in [0.1, 0.15) is 0 Å². The summed E-state index contributed by atoms with van der Waals surface area (Å²) < 4.78 is 32.3. The summed E-state index contributed by atoms with van der Waals surface area (Å²) in [6.45, 7) is 0.388. The van der Waals surface area contributed by atoms with Crippen LogP contribution in [0.5, 0.6) is 5.75 Å². The van der Waals surface area contributed by atoms with Crippen LogP contribution in [0.2, 0.25) is 0 Å². The molecule has 1 aromatic carbocycles. The van der Waals surface area contributed by atoms with E-state index in [1.54, 1.807) is 0 Å². The fourth-order valence-electron chi connectivity index (χ4n) is 2.76. The second kappa shape index (κ2) is 4.61. The minimum Gasteiger partial charge on any atom is -0.491 e. The number of hydrogen-bond donors (Lipinski definition) is 1. The van der Waals surface area contributed by atoms with Crippen molar-refractivity contribution >= 4 is 0 Å². The van der Waals surface area contributed by atoms with Crippen molar-refractivity contribution in [1.29, 1.82) is 0 Å². The molecule has 0 bridgehead atoms. The average molecular weight is 241 g/mol. The Balaban J connectivity index is 2.51. The molecular weight excluding hydrogens is 224 g/mol. The molecule has 0 aromatic heterocycles. The van der Waals surface area contributed by atoms with Gasteiger partial charge < -0.3 is 10.5 Å². The molecule has 0 amide bonds. The maximum absolute atomic E-state index is 14.2. The minimum atomic E-state index is -0.668. The normalized spacial score (nSPS) is 18.4. The van der Waals surface area contributed by atoms with Crippen LogP contribution >= 0.6 is 0 Å². The number of nitrogens with two attached hydrogens (primary N) is 1. The summed E-state index contributed by atoms with van der Waals surface area (Å²) in [6.07, 6.45) is 3.79. The van der Waals surface area contributed by atoms with E-state index in [1.807, 2.05) is 0 Å². The van der Waals surface area contributed by atoms with Crippen molar-refractivity contribution in [2.24, 2.45) is 5.73 Å². The monoisotopic (exact) mass is 241 g/mol. The predicted octanol–water partition coefficient (Wildman–Crippen LogP) is 2.74. The van der Waals surface area contributed by atoms with Gasteiger partial charge in [-0.15, -0.1) is 0 Å². The lowest BCUT2D eigenvalue weighted by molar-refractivity contribution is 0.345. The highest BCUT2D eigenvalue weighted by molar-refractivity contribution is 5.38. The van der Waals surface area contributed by atoms with Crippen LogP contribution in [0.15, 0.2) is 12.1 Å². The second-order valence-electron chi connectivity index (χ2n) is 4.63. The first-order valence-corrected chi connectivity index (χ1v) is 5.87. The molecule has 0 atom stereocenters. The van der Waals surface area contributed by atoms with Crippen LogP contribution in [-0.4, -0.2) is 13.7 Å². The van der Waals surface area contributed by atoms with Gasteiger partial charge in [-0.2, -0.15) is 0 Å². The van der Waals surface area contributed by atoms with Crippen LogP contribution in [0, 0.1) is 11.6 Å². The van der Waals surface area contributed by atoms with Gasteiger partial charge in [0, 0.05) is 12.0 Å². The quantitative estimate of drug-likeness (QED) is 0.883. The molecule has 1 saturated carbocycles. The molecule has 0 radical (unpaired) electrons. The van der Waals surface area contributed by atoms with Gasteiger partial charge in [0.15, 0.2) is 17.4 Å². The fourth-order valence-corrected chi connectivity index (χ4v) is 2.76. The van der Waals surface area contributed by atoms with Gasteiger partial charge in [0.2, 0.25) is 0 Å². The molecule has 1 aromatic rings. The first kappa shape index (κ1) is 12.3. The maximum Gasteiger partial charge on any atom is 0.190 e. The molecule has 17 heavy (non-hydrogen) atoms. The molecule has 2 rings (SSSR count). The summed E-state index contributed by atoms with van der Waals surface area (Å²) in [7, 11) is 1.27. The maximum atomic E-state index is 14.2. The lowest BCUT2D eigenvalue weighted by Gasteiger charge is -2.28. The molecule has 1 aliphatic rings. The summed E-state index contributed by atoms with van der Waals surface area (Å²) in [5.41, 5.74) is 5.95. The second-order valence-corrected chi connectivity index (χ2v) is 4.63. The van der Waals surface area contributed by atoms with Crippen LogP contribution in [0.25, 0.3) is 0 Å². The smallest absolute Gasteiger partial charge is 0.190 e. The molecule has 94 valence electrons. The van der Waals surface area contributed by atoms with Crippen LogP contribution in [0.3, 0.4) is 0 Å². The molecule has 2 N–H and O–H groups in total. The highest BCUT2D eigenvalue weighted by Gasteiger charge is 2.37. The van der Waals surface area contributed by atoms with Crippen molar-refractivity contribution < 1.29 is 13.5 Å². The Morgan fingerprint density at radius 1 is 1.29 bits per heavy atom. The van der Waals surface area contributed by atoms with E-state index in [-0.39, 0.29) is 11.2 Å². The van der Waals surface area contributed by atoms with Crippen molar-refractivity contribution in [3.05, 3.63) is 29.3 Å². The van der Waals surface area contributed by atoms with E-state index in [1.165, 1.54) is 19.2 Å². The van der Waals surface area contributed by atoms with Gasteiger partial charge >= 0.3 is 0 Å². The van der Waals surface area contributed by atoms with Crippen LogP contribution < -0.4 is 10.5 Å². The van der Waals surface area contributed by atoms with E-state index in [9.17, 15) is 8.78 Å². The minimum absolute atomic E-state index is 0.303. The molecule has 0 spiro atoms. The number of ether oxygens (including phenoxy) is 1. The predicted molar refractivity (Wildman–Crippen MR) is 62.1 cm³/mol. The highest BCUT2D eigenvalue weighted by atomic mass is 19.1. The number of halogens is 2. The molecule has 1 aliphatic carbocycles. The summed E-state index contributed by atoms with van der Waals surface area (Å²) in [5, 5.41) is 0. The lowest BCUT2D eigenvalue weighted by atomic mass is 9.78. The van der Waals surface area contributed by atoms with Crippen molar-refractivity contribution in [2.75, 3.05) is 13.7 Å². The zero-order chi connectivity index (χ0) is 12.5.